The molecule has 0 radical (unpaired) electrons. The molecule has 0 amide bonds. The van der Waals surface area contributed by atoms with E-state index in [1.54, 1.807) is 36.9 Å². The fourth-order valence-corrected chi connectivity index (χ4v) is 3.21. The lowest BCUT2D eigenvalue weighted by Crippen LogP contribution is -2.04. The van der Waals surface area contributed by atoms with E-state index in [9.17, 15) is 4.39 Å². The maximum atomic E-state index is 13.4. The molecule has 0 atom stereocenters. The summed E-state index contributed by atoms with van der Waals surface area (Å²) in [5.74, 6) is -0.257. The molecule has 5 heteroatoms. The van der Waals surface area contributed by atoms with Crippen LogP contribution in [0.2, 0.25) is 0 Å². The van der Waals surface area contributed by atoms with Crippen molar-refractivity contribution in [3.8, 4) is 22.4 Å². The second-order valence-corrected chi connectivity index (χ2v) is 6.16. The summed E-state index contributed by atoms with van der Waals surface area (Å²) in [6.45, 7) is 4.24. The number of benzene rings is 1. The summed E-state index contributed by atoms with van der Waals surface area (Å²) in [7, 11) is 0. The molecule has 4 aromatic rings. The molecule has 0 aliphatic heterocycles. The van der Waals surface area contributed by atoms with Gasteiger partial charge in [0.2, 0.25) is 0 Å². The highest BCUT2D eigenvalue weighted by molar-refractivity contribution is 6.00. The first-order chi connectivity index (χ1) is 12.2. The van der Waals surface area contributed by atoms with Gasteiger partial charge in [-0.2, -0.15) is 0 Å². The summed E-state index contributed by atoms with van der Waals surface area (Å²) in [4.78, 5) is 13.3. The van der Waals surface area contributed by atoms with E-state index in [1.807, 2.05) is 12.1 Å². The molecule has 0 bridgehead atoms. The Kier molecular flexibility index (Phi) is 3.76. The number of nitrogens with zero attached hydrogens (tertiary/aromatic N) is 4. The molecular weight excluding hydrogens is 315 g/mol. The highest BCUT2D eigenvalue weighted by Crippen LogP contribution is 2.40. The molecule has 3 heterocycles. The van der Waals surface area contributed by atoms with Crippen LogP contribution in [0.15, 0.2) is 61.2 Å². The van der Waals surface area contributed by atoms with Crippen molar-refractivity contribution in [1.29, 1.82) is 0 Å². The molecule has 0 unspecified atom stereocenters. The Labute approximate surface area is 145 Å². The van der Waals surface area contributed by atoms with Crippen molar-refractivity contribution in [3.63, 3.8) is 0 Å². The van der Waals surface area contributed by atoms with Gasteiger partial charge in [-0.25, -0.2) is 9.37 Å². The summed E-state index contributed by atoms with van der Waals surface area (Å²) in [5, 5.41) is 0. The van der Waals surface area contributed by atoms with Crippen LogP contribution in [-0.4, -0.2) is 19.5 Å². The molecule has 0 N–H and O–H groups in total. The minimum atomic E-state index is -0.257. The van der Waals surface area contributed by atoms with Crippen LogP contribution in [0, 0.1) is 5.82 Å². The minimum Gasteiger partial charge on any atom is -0.321 e. The summed E-state index contributed by atoms with van der Waals surface area (Å²) in [6, 6.07) is 10.7. The first-order valence-corrected chi connectivity index (χ1v) is 8.18. The third kappa shape index (κ3) is 2.58. The van der Waals surface area contributed by atoms with Gasteiger partial charge in [-0.15, -0.1) is 0 Å². The van der Waals surface area contributed by atoms with Crippen LogP contribution in [0.4, 0.5) is 4.39 Å². The van der Waals surface area contributed by atoms with Crippen LogP contribution >= 0.6 is 0 Å². The van der Waals surface area contributed by atoms with Gasteiger partial charge in [0.1, 0.15) is 11.3 Å². The van der Waals surface area contributed by atoms with Gasteiger partial charge < -0.3 is 4.57 Å². The van der Waals surface area contributed by atoms with E-state index in [4.69, 9.17) is 0 Å². The molecular formula is C20H17FN4. The average molecular weight is 332 g/mol. The van der Waals surface area contributed by atoms with Gasteiger partial charge in [-0.05, 0) is 43.7 Å². The lowest BCUT2D eigenvalue weighted by molar-refractivity contribution is 0.623. The maximum absolute atomic E-state index is 13.4. The maximum Gasteiger partial charge on any atom is 0.160 e. The van der Waals surface area contributed by atoms with Crippen LogP contribution in [0.3, 0.4) is 0 Å². The second kappa shape index (κ2) is 6.09. The quantitative estimate of drug-likeness (QED) is 0.537. The third-order valence-corrected chi connectivity index (χ3v) is 4.22. The molecule has 0 fully saturated rings. The molecule has 0 saturated carbocycles. The molecule has 0 saturated heterocycles. The van der Waals surface area contributed by atoms with Crippen molar-refractivity contribution < 1.29 is 4.39 Å². The van der Waals surface area contributed by atoms with Gasteiger partial charge in [0.25, 0.3) is 0 Å². The van der Waals surface area contributed by atoms with Gasteiger partial charge in [0, 0.05) is 42.0 Å². The van der Waals surface area contributed by atoms with Gasteiger partial charge in [-0.3, -0.25) is 9.97 Å². The van der Waals surface area contributed by atoms with E-state index >= 15 is 0 Å². The van der Waals surface area contributed by atoms with E-state index in [1.165, 1.54) is 12.1 Å². The van der Waals surface area contributed by atoms with Gasteiger partial charge in [0.15, 0.2) is 5.65 Å². The van der Waals surface area contributed by atoms with E-state index in [0.717, 1.165) is 33.5 Å². The largest absolute Gasteiger partial charge is 0.321 e. The van der Waals surface area contributed by atoms with Gasteiger partial charge in [0.05, 0.1) is 5.69 Å². The standard InChI is InChI=1S/C20H17FN4/c1-13(2)25-19(15-7-9-22-10-8-15)17(14-3-5-16(21)6-4-14)18-20(25)24-12-11-23-18/h3-13H,1-2H3. The summed E-state index contributed by atoms with van der Waals surface area (Å²) in [5.41, 5.74) is 5.56. The van der Waals surface area contributed by atoms with Crippen molar-refractivity contribution in [1.82, 2.24) is 19.5 Å². The molecule has 1 aromatic carbocycles. The number of fused-ring (bicyclic) bond motifs is 1. The minimum absolute atomic E-state index is 0.191. The van der Waals surface area contributed by atoms with Crippen LogP contribution in [0.5, 0.6) is 0 Å². The van der Waals surface area contributed by atoms with Gasteiger partial charge >= 0.3 is 0 Å². The monoisotopic (exact) mass is 332 g/mol. The second-order valence-electron chi connectivity index (χ2n) is 6.16. The zero-order valence-corrected chi connectivity index (χ0v) is 14.0. The normalized spacial score (nSPS) is 11.4. The van der Waals surface area contributed by atoms with Crippen molar-refractivity contribution >= 4 is 11.2 Å². The third-order valence-electron chi connectivity index (χ3n) is 4.22. The number of hydrogen-bond donors (Lipinski definition) is 0. The highest BCUT2D eigenvalue weighted by atomic mass is 19.1. The Hall–Kier alpha value is -3.08. The van der Waals surface area contributed by atoms with Crippen LogP contribution < -0.4 is 0 Å². The van der Waals surface area contributed by atoms with Crippen molar-refractivity contribution in [2.24, 2.45) is 0 Å². The first-order valence-electron chi connectivity index (χ1n) is 8.18. The lowest BCUT2D eigenvalue weighted by atomic mass is 10.0. The molecule has 4 rings (SSSR count). The Morgan fingerprint density at radius 3 is 2.20 bits per heavy atom. The molecule has 0 aliphatic rings. The fourth-order valence-electron chi connectivity index (χ4n) is 3.21. The summed E-state index contributed by atoms with van der Waals surface area (Å²) >= 11 is 0. The van der Waals surface area contributed by atoms with Crippen LogP contribution in [0.25, 0.3) is 33.5 Å². The predicted octanol–water partition coefficient (Wildman–Crippen LogP) is 4.88. The topological polar surface area (TPSA) is 43.6 Å². The molecule has 0 spiro atoms. The van der Waals surface area contributed by atoms with Crippen molar-refractivity contribution in [3.05, 3.63) is 67.0 Å². The SMILES string of the molecule is CC(C)n1c(-c2ccncc2)c(-c2ccc(F)cc2)c2nccnc21. The molecule has 0 aliphatic carbocycles. The van der Waals surface area contributed by atoms with E-state index in [2.05, 4.69) is 33.4 Å². The summed E-state index contributed by atoms with van der Waals surface area (Å²) < 4.78 is 15.6. The highest BCUT2D eigenvalue weighted by Gasteiger charge is 2.23. The average Bonchev–Trinajstić information content (AvgIpc) is 2.98. The molecule has 3 aromatic heterocycles. The first kappa shape index (κ1) is 15.4. The molecule has 4 nitrogen and oxygen atoms in total. The molecule has 25 heavy (non-hydrogen) atoms. The van der Waals surface area contributed by atoms with Crippen LogP contribution in [-0.2, 0) is 0 Å². The zero-order chi connectivity index (χ0) is 17.4. The van der Waals surface area contributed by atoms with E-state index < -0.39 is 0 Å². The Balaban J connectivity index is 2.15. The predicted molar refractivity (Wildman–Crippen MR) is 96.5 cm³/mol. The fraction of sp³-hybridized carbons (Fsp3) is 0.150. The van der Waals surface area contributed by atoms with Gasteiger partial charge in [-0.1, -0.05) is 12.1 Å². The molecule has 124 valence electrons. The zero-order valence-electron chi connectivity index (χ0n) is 14.0. The Bertz CT molecular complexity index is 1020. The van der Waals surface area contributed by atoms with Crippen LogP contribution in [0.1, 0.15) is 19.9 Å². The van der Waals surface area contributed by atoms with E-state index in [-0.39, 0.29) is 11.9 Å². The number of pyridine rings is 1. The van der Waals surface area contributed by atoms with Crippen molar-refractivity contribution in [2.45, 2.75) is 19.9 Å². The lowest BCUT2D eigenvalue weighted by Gasteiger charge is -2.15. The Morgan fingerprint density at radius 1 is 0.840 bits per heavy atom. The smallest absolute Gasteiger partial charge is 0.160 e. The summed E-state index contributed by atoms with van der Waals surface area (Å²) in [6.07, 6.45) is 6.93. The number of hydrogen-bond acceptors (Lipinski definition) is 3. The Morgan fingerprint density at radius 2 is 1.52 bits per heavy atom. The van der Waals surface area contributed by atoms with E-state index in [0.29, 0.717) is 0 Å². The number of halogens is 1. The number of aromatic nitrogens is 4. The number of rotatable bonds is 3. The van der Waals surface area contributed by atoms with Crippen molar-refractivity contribution in [2.75, 3.05) is 0 Å².